The van der Waals surface area contributed by atoms with Crippen molar-refractivity contribution in [1.82, 2.24) is 0 Å². The number of rotatable bonds is 5. The summed E-state index contributed by atoms with van der Waals surface area (Å²) in [5.41, 5.74) is 8.99. The van der Waals surface area contributed by atoms with Gasteiger partial charge >= 0.3 is 0 Å². The van der Waals surface area contributed by atoms with E-state index in [1.54, 1.807) is 0 Å². The highest BCUT2D eigenvalue weighted by molar-refractivity contribution is 9.10. The highest BCUT2D eigenvalue weighted by Crippen LogP contribution is 2.24. The van der Waals surface area contributed by atoms with E-state index in [4.69, 9.17) is 5.73 Å². The van der Waals surface area contributed by atoms with Crippen molar-refractivity contribution in [2.75, 3.05) is 18.5 Å². The van der Waals surface area contributed by atoms with Gasteiger partial charge in [0.2, 0.25) is 0 Å². The Bertz CT molecular complexity index is 569. The zero-order chi connectivity index (χ0) is 14.5. The summed E-state index contributed by atoms with van der Waals surface area (Å²) in [6.07, 6.45) is 0.864. The van der Waals surface area contributed by atoms with Crippen LogP contribution in [0, 0.1) is 5.82 Å². The minimum absolute atomic E-state index is 0.203. The Morgan fingerprint density at radius 2 is 1.85 bits per heavy atom. The van der Waals surface area contributed by atoms with E-state index in [0.717, 1.165) is 28.7 Å². The molecule has 0 fully saturated rings. The van der Waals surface area contributed by atoms with Crippen molar-refractivity contribution in [3.63, 3.8) is 0 Å². The van der Waals surface area contributed by atoms with Crippen molar-refractivity contribution in [2.24, 2.45) is 5.73 Å². The lowest BCUT2D eigenvalue weighted by molar-refractivity contribution is 0.627. The normalized spacial score (nSPS) is 10.6. The molecule has 2 nitrogen and oxygen atoms in total. The van der Waals surface area contributed by atoms with Crippen LogP contribution in [0.3, 0.4) is 0 Å². The molecule has 0 aliphatic rings. The van der Waals surface area contributed by atoms with Crippen LogP contribution >= 0.6 is 15.9 Å². The molecule has 2 aromatic carbocycles. The molecule has 0 spiro atoms. The van der Waals surface area contributed by atoms with Gasteiger partial charge in [0.25, 0.3) is 0 Å². The fourth-order valence-electron chi connectivity index (χ4n) is 2.09. The third-order valence-corrected chi connectivity index (χ3v) is 3.96. The standard InChI is InChI=1S/C16H18BrFN2/c1-20(11-12-2-5-14(18)6-3-12)15-7-4-13(8-9-19)16(17)10-15/h2-7,10H,8-9,11,19H2,1H3. The monoisotopic (exact) mass is 336 g/mol. The summed E-state index contributed by atoms with van der Waals surface area (Å²) < 4.78 is 14.0. The molecule has 2 N–H and O–H groups in total. The molecule has 0 aromatic heterocycles. The average Bonchev–Trinajstić information content (AvgIpc) is 2.44. The number of hydrogen-bond donors (Lipinski definition) is 1. The van der Waals surface area contributed by atoms with E-state index in [1.165, 1.54) is 17.7 Å². The van der Waals surface area contributed by atoms with Crippen LogP contribution in [0.25, 0.3) is 0 Å². The lowest BCUT2D eigenvalue weighted by Crippen LogP contribution is -2.16. The van der Waals surface area contributed by atoms with Crippen molar-refractivity contribution in [3.8, 4) is 0 Å². The minimum Gasteiger partial charge on any atom is -0.370 e. The average molecular weight is 337 g/mol. The number of hydrogen-bond acceptors (Lipinski definition) is 2. The van der Waals surface area contributed by atoms with Crippen molar-refractivity contribution in [1.29, 1.82) is 0 Å². The molecule has 0 saturated carbocycles. The number of halogens is 2. The molecule has 2 rings (SSSR count). The molecule has 20 heavy (non-hydrogen) atoms. The van der Waals surface area contributed by atoms with Gasteiger partial charge in [0.1, 0.15) is 5.82 Å². The second kappa shape index (κ2) is 6.86. The van der Waals surface area contributed by atoms with E-state index < -0.39 is 0 Å². The smallest absolute Gasteiger partial charge is 0.123 e. The van der Waals surface area contributed by atoms with E-state index in [1.807, 2.05) is 19.2 Å². The summed E-state index contributed by atoms with van der Waals surface area (Å²) in [4.78, 5) is 2.13. The van der Waals surface area contributed by atoms with E-state index in [2.05, 4.69) is 39.0 Å². The van der Waals surface area contributed by atoms with Crippen molar-refractivity contribution >= 4 is 21.6 Å². The highest BCUT2D eigenvalue weighted by Gasteiger charge is 2.06. The van der Waals surface area contributed by atoms with Crippen LogP contribution in [-0.2, 0) is 13.0 Å². The van der Waals surface area contributed by atoms with Crippen molar-refractivity contribution in [2.45, 2.75) is 13.0 Å². The molecule has 0 amide bonds. The predicted molar refractivity (Wildman–Crippen MR) is 85.4 cm³/mol. The third-order valence-electron chi connectivity index (χ3n) is 3.22. The molecule has 106 valence electrons. The molecule has 0 radical (unpaired) electrons. The van der Waals surface area contributed by atoms with Gasteiger partial charge in [0.05, 0.1) is 0 Å². The Morgan fingerprint density at radius 3 is 2.45 bits per heavy atom. The molecule has 0 aliphatic carbocycles. The first kappa shape index (κ1) is 15.0. The maximum atomic E-state index is 12.9. The first-order valence-electron chi connectivity index (χ1n) is 6.54. The molecule has 0 aliphatic heterocycles. The maximum Gasteiger partial charge on any atom is 0.123 e. The zero-order valence-electron chi connectivity index (χ0n) is 11.4. The Labute approximate surface area is 127 Å². The van der Waals surface area contributed by atoms with Crippen LogP contribution in [0.15, 0.2) is 46.9 Å². The molecule has 0 bridgehead atoms. The van der Waals surface area contributed by atoms with Gasteiger partial charge in [-0.3, -0.25) is 0 Å². The van der Waals surface area contributed by atoms with Gasteiger partial charge in [0.15, 0.2) is 0 Å². The topological polar surface area (TPSA) is 29.3 Å². The second-order valence-electron chi connectivity index (χ2n) is 4.80. The van der Waals surface area contributed by atoms with Crippen LogP contribution in [0.2, 0.25) is 0 Å². The summed E-state index contributed by atoms with van der Waals surface area (Å²) in [7, 11) is 2.02. The first-order valence-corrected chi connectivity index (χ1v) is 7.33. The van der Waals surface area contributed by atoms with E-state index in [-0.39, 0.29) is 5.82 Å². The summed E-state index contributed by atoms with van der Waals surface area (Å²) in [5.74, 6) is -0.203. The first-order chi connectivity index (χ1) is 9.60. The van der Waals surface area contributed by atoms with Gasteiger partial charge in [0, 0.05) is 23.8 Å². The van der Waals surface area contributed by atoms with Crippen LogP contribution in [0.1, 0.15) is 11.1 Å². The molecule has 0 unspecified atom stereocenters. The van der Waals surface area contributed by atoms with Crippen molar-refractivity contribution < 1.29 is 4.39 Å². The Balaban J connectivity index is 2.10. The quantitative estimate of drug-likeness (QED) is 0.901. The molecule has 4 heteroatoms. The zero-order valence-corrected chi connectivity index (χ0v) is 13.0. The minimum atomic E-state index is -0.203. The van der Waals surface area contributed by atoms with Crippen LogP contribution in [0.5, 0.6) is 0 Å². The van der Waals surface area contributed by atoms with Gasteiger partial charge in [-0.2, -0.15) is 0 Å². The molecule has 0 atom stereocenters. The molecule has 0 heterocycles. The SMILES string of the molecule is CN(Cc1ccc(F)cc1)c1ccc(CCN)c(Br)c1. The largest absolute Gasteiger partial charge is 0.370 e. The number of nitrogens with zero attached hydrogens (tertiary/aromatic N) is 1. The summed E-state index contributed by atoms with van der Waals surface area (Å²) in [6.45, 7) is 1.38. The number of nitrogens with two attached hydrogens (primary N) is 1. The highest BCUT2D eigenvalue weighted by atomic mass is 79.9. The third kappa shape index (κ3) is 3.81. The molecule has 0 saturated heterocycles. The van der Waals surface area contributed by atoms with Gasteiger partial charge in [-0.05, 0) is 48.4 Å². The predicted octanol–water partition coefficient (Wildman–Crippen LogP) is 3.73. The van der Waals surface area contributed by atoms with E-state index >= 15 is 0 Å². The number of anilines is 1. The number of benzene rings is 2. The van der Waals surface area contributed by atoms with E-state index in [9.17, 15) is 4.39 Å². The van der Waals surface area contributed by atoms with Crippen LogP contribution < -0.4 is 10.6 Å². The molecule has 2 aromatic rings. The summed E-state index contributed by atoms with van der Waals surface area (Å²) in [6, 6.07) is 12.9. The van der Waals surface area contributed by atoms with Gasteiger partial charge in [-0.25, -0.2) is 4.39 Å². The van der Waals surface area contributed by atoms with Gasteiger partial charge < -0.3 is 10.6 Å². The van der Waals surface area contributed by atoms with E-state index in [0.29, 0.717) is 6.54 Å². The van der Waals surface area contributed by atoms with Crippen LogP contribution in [-0.4, -0.2) is 13.6 Å². The van der Waals surface area contributed by atoms with Crippen LogP contribution in [0.4, 0.5) is 10.1 Å². The Hall–Kier alpha value is -1.39. The second-order valence-corrected chi connectivity index (χ2v) is 5.65. The molecular formula is C16H18BrFN2. The Kier molecular flexibility index (Phi) is 5.15. The van der Waals surface area contributed by atoms with Crippen molar-refractivity contribution in [3.05, 3.63) is 63.9 Å². The fraction of sp³-hybridized carbons (Fsp3) is 0.250. The fourth-order valence-corrected chi connectivity index (χ4v) is 2.65. The lowest BCUT2D eigenvalue weighted by atomic mass is 10.1. The summed E-state index contributed by atoms with van der Waals surface area (Å²) in [5, 5.41) is 0. The van der Waals surface area contributed by atoms with Gasteiger partial charge in [-0.1, -0.05) is 34.1 Å². The lowest BCUT2D eigenvalue weighted by Gasteiger charge is -2.20. The van der Waals surface area contributed by atoms with Gasteiger partial charge in [-0.15, -0.1) is 0 Å². The molecular weight excluding hydrogens is 319 g/mol. The Morgan fingerprint density at radius 1 is 1.15 bits per heavy atom. The maximum absolute atomic E-state index is 12.9. The summed E-state index contributed by atoms with van der Waals surface area (Å²) >= 11 is 3.58.